The minimum absolute atomic E-state index is 0.0327. The molecule has 0 unspecified atom stereocenters. The summed E-state index contributed by atoms with van der Waals surface area (Å²) in [7, 11) is 0. The van der Waals surface area contributed by atoms with Crippen LogP contribution in [0.25, 0.3) is 82.5 Å². The predicted molar refractivity (Wildman–Crippen MR) is 269 cm³/mol. The van der Waals surface area contributed by atoms with Gasteiger partial charge in [0.05, 0.1) is 33.1 Å². The van der Waals surface area contributed by atoms with Gasteiger partial charge in [-0.25, -0.2) is 0 Å². The first kappa shape index (κ1) is 39.9. The van der Waals surface area contributed by atoms with E-state index in [1.165, 1.54) is 76.6 Å². The number of rotatable bonds is 3. The number of fused-ring (bicyclic) bond motifs is 9. The van der Waals surface area contributed by atoms with Gasteiger partial charge in [-0.1, -0.05) is 107 Å². The van der Waals surface area contributed by atoms with Gasteiger partial charge in [-0.15, -0.1) is 0 Å². The highest BCUT2D eigenvalue weighted by atomic mass is 15.0. The molecular formula is C58H60N4. The van der Waals surface area contributed by atoms with Crippen molar-refractivity contribution in [1.82, 2.24) is 13.7 Å². The zero-order chi connectivity index (χ0) is 43.8. The maximum atomic E-state index is 6.25. The molecule has 4 heteroatoms. The Morgan fingerprint density at radius 2 is 0.500 bits per heavy atom. The molecule has 10 aromatic rings. The summed E-state index contributed by atoms with van der Waals surface area (Å²) in [5, 5.41) is 7.58. The number of nitrogen functional groups attached to an aromatic ring is 1. The van der Waals surface area contributed by atoms with Crippen LogP contribution in [0.2, 0.25) is 0 Å². The largest absolute Gasteiger partial charge is 0.399 e. The molecule has 0 saturated carbocycles. The average Bonchev–Trinajstić information content (AvgIpc) is 3.83. The lowest BCUT2D eigenvalue weighted by atomic mass is 9.85. The molecule has 4 nitrogen and oxygen atoms in total. The lowest BCUT2D eigenvalue weighted by Crippen LogP contribution is -2.10. The zero-order valence-electron chi connectivity index (χ0n) is 38.6. The van der Waals surface area contributed by atoms with Gasteiger partial charge in [-0.05, 0) is 153 Å². The Balaban J connectivity index is 1.27. The van der Waals surface area contributed by atoms with Crippen molar-refractivity contribution in [2.24, 2.45) is 0 Å². The van der Waals surface area contributed by atoms with Gasteiger partial charge in [0, 0.05) is 55.1 Å². The zero-order valence-corrected chi connectivity index (χ0v) is 38.6. The second-order valence-electron chi connectivity index (χ2n) is 21.9. The van der Waals surface area contributed by atoms with Crippen molar-refractivity contribution in [2.45, 2.75) is 105 Å². The van der Waals surface area contributed by atoms with Gasteiger partial charge >= 0.3 is 0 Å². The van der Waals surface area contributed by atoms with Crippen LogP contribution in [0.15, 0.2) is 133 Å². The Hall–Kier alpha value is -6.26. The number of anilines is 1. The highest BCUT2D eigenvalue weighted by molar-refractivity contribution is 6.14. The standard InChI is InChI=1S/C58H60N4/c1-55(2,3)35-13-23-49-43(29-35)44-30-36(56(4,5)6)14-24-50(44)61(49)41-21-27-53-47(33-41)48-34-42(22-28-54(48)60(53)40-19-17-39(59)18-20-40)62-51-25-15-37(57(7,8)9)31-45(51)46-32-38(58(10,11)12)16-26-52(46)62/h13-34H,59H2,1-12H3. The van der Waals surface area contributed by atoms with Crippen molar-refractivity contribution >= 4 is 71.1 Å². The molecule has 0 spiro atoms. The van der Waals surface area contributed by atoms with E-state index >= 15 is 0 Å². The summed E-state index contributed by atoms with van der Waals surface area (Å²) in [6.45, 7) is 27.6. The van der Waals surface area contributed by atoms with Crippen LogP contribution in [0, 0.1) is 0 Å². The summed E-state index contributed by atoms with van der Waals surface area (Å²) in [5.74, 6) is 0. The van der Waals surface area contributed by atoms with E-state index in [1.54, 1.807) is 0 Å². The van der Waals surface area contributed by atoms with Crippen LogP contribution in [0.3, 0.4) is 0 Å². The average molecular weight is 813 g/mol. The van der Waals surface area contributed by atoms with Gasteiger partial charge in [0.15, 0.2) is 0 Å². The monoisotopic (exact) mass is 812 g/mol. The van der Waals surface area contributed by atoms with E-state index in [0.717, 1.165) is 33.8 Å². The normalized spacial score (nSPS) is 13.2. The van der Waals surface area contributed by atoms with E-state index < -0.39 is 0 Å². The quantitative estimate of drug-likeness (QED) is 0.177. The molecule has 0 bridgehead atoms. The molecule has 7 aromatic carbocycles. The SMILES string of the molecule is CC(C)(C)c1ccc2c(c1)c1cc(C(C)(C)C)ccc1n2-c1ccc2c(c1)c1cc(-n3c4ccc(C(C)(C)C)cc4c4cc(C(C)(C)C)ccc43)ccc1n2-c1ccc(N)cc1. The van der Waals surface area contributed by atoms with Gasteiger partial charge in [0.1, 0.15) is 0 Å². The molecule has 3 heterocycles. The fourth-order valence-electron chi connectivity index (χ4n) is 9.65. The number of nitrogens with two attached hydrogens (primary N) is 1. The molecule has 2 N–H and O–H groups in total. The molecule has 3 aromatic heterocycles. The topological polar surface area (TPSA) is 40.8 Å². The van der Waals surface area contributed by atoms with Gasteiger partial charge in [-0.2, -0.15) is 0 Å². The van der Waals surface area contributed by atoms with Crippen molar-refractivity contribution < 1.29 is 0 Å². The predicted octanol–water partition coefficient (Wildman–Crippen LogP) is 15.8. The Kier molecular flexibility index (Phi) is 8.59. The Labute approximate surface area is 366 Å². The summed E-state index contributed by atoms with van der Waals surface area (Å²) >= 11 is 0. The lowest BCUT2D eigenvalue weighted by Gasteiger charge is -2.19. The number of aromatic nitrogens is 3. The number of benzene rings is 7. The van der Waals surface area contributed by atoms with Crippen molar-refractivity contribution in [3.63, 3.8) is 0 Å². The molecule has 0 aliphatic heterocycles. The van der Waals surface area contributed by atoms with Crippen LogP contribution >= 0.6 is 0 Å². The van der Waals surface area contributed by atoms with Gasteiger partial charge in [0.25, 0.3) is 0 Å². The number of nitrogens with zero attached hydrogens (tertiary/aromatic N) is 3. The van der Waals surface area contributed by atoms with Crippen molar-refractivity contribution in [3.8, 4) is 17.1 Å². The summed E-state index contributed by atoms with van der Waals surface area (Å²) in [6, 6.07) is 50.7. The molecule has 0 fully saturated rings. The molecule has 62 heavy (non-hydrogen) atoms. The van der Waals surface area contributed by atoms with Crippen LogP contribution in [0.5, 0.6) is 0 Å². The van der Waals surface area contributed by atoms with Gasteiger partial charge < -0.3 is 19.4 Å². The second kappa shape index (κ2) is 13.4. The van der Waals surface area contributed by atoms with Crippen LogP contribution in [0.1, 0.15) is 105 Å². The molecule has 0 radical (unpaired) electrons. The van der Waals surface area contributed by atoms with Crippen LogP contribution in [-0.4, -0.2) is 13.7 Å². The molecule has 0 atom stereocenters. The first-order valence-corrected chi connectivity index (χ1v) is 22.3. The Morgan fingerprint density at radius 1 is 0.274 bits per heavy atom. The van der Waals surface area contributed by atoms with Crippen LogP contribution in [0.4, 0.5) is 5.69 Å². The number of hydrogen-bond donors (Lipinski definition) is 1. The Morgan fingerprint density at radius 3 is 0.774 bits per heavy atom. The minimum Gasteiger partial charge on any atom is -0.399 e. The number of hydrogen-bond acceptors (Lipinski definition) is 1. The van der Waals surface area contributed by atoms with E-state index in [4.69, 9.17) is 5.73 Å². The fourth-order valence-corrected chi connectivity index (χ4v) is 9.65. The highest BCUT2D eigenvalue weighted by Gasteiger charge is 2.24. The second-order valence-corrected chi connectivity index (χ2v) is 21.9. The highest BCUT2D eigenvalue weighted by Crippen LogP contribution is 2.42. The maximum Gasteiger partial charge on any atom is 0.0542 e. The lowest BCUT2D eigenvalue weighted by molar-refractivity contribution is 0.590. The molecule has 0 amide bonds. The first-order chi connectivity index (χ1) is 29.2. The third kappa shape index (κ3) is 6.32. The molecule has 312 valence electrons. The van der Waals surface area contributed by atoms with Crippen molar-refractivity contribution in [2.75, 3.05) is 5.73 Å². The third-order valence-electron chi connectivity index (χ3n) is 13.4. The van der Waals surface area contributed by atoms with Gasteiger partial charge in [0.2, 0.25) is 0 Å². The molecular weight excluding hydrogens is 753 g/mol. The fraction of sp³-hybridized carbons (Fsp3) is 0.276. The van der Waals surface area contributed by atoms with Crippen molar-refractivity contribution in [3.05, 3.63) is 156 Å². The molecule has 0 aliphatic rings. The summed E-state index contributed by atoms with van der Waals surface area (Å²) in [4.78, 5) is 0. The minimum atomic E-state index is 0.0327. The van der Waals surface area contributed by atoms with E-state index in [1.807, 2.05) is 12.1 Å². The van der Waals surface area contributed by atoms with E-state index in [9.17, 15) is 0 Å². The molecule has 0 aliphatic carbocycles. The maximum absolute atomic E-state index is 6.25. The molecule has 0 saturated heterocycles. The van der Waals surface area contributed by atoms with Crippen LogP contribution in [-0.2, 0) is 21.7 Å². The van der Waals surface area contributed by atoms with E-state index in [0.29, 0.717) is 0 Å². The van der Waals surface area contributed by atoms with E-state index in [2.05, 4.69) is 218 Å². The smallest absolute Gasteiger partial charge is 0.0542 e. The first-order valence-electron chi connectivity index (χ1n) is 22.3. The van der Waals surface area contributed by atoms with Crippen molar-refractivity contribution in [1.29, 1.82) is 0 Å². The van der Waals surface area contributed by atoms with E-state index in [-0.39, 0.29) is 21.7 Å². The Bertz CT molecular complexity index is 3080. The van der Waals surface area contributed by atoms with Gasteiger partial charge in [-0.3, -0.25) is 0 Å². The van der Waals surface area contributed by atoms with Crippen LogP contribution < -0.4 is 5.73 Å². The summed E-state index contributed by atoms with van der Waals surface area (Å²) < 4.78 is 7.35. The summed E-state index contributed by atoms with van der Waals surface area (Å²) in [5.41, 5.74) is 23.1. The third-order valence-corrected chi connectivity index (χ3v) is 13.4. The summed E-state index contributed by atoms with van der Waals surface area (Å²) in [6.07, 6.45) is 0. The molecule has 10 rings (SSSR count).